The molecule has 108 valence electrons. The average molecular weight is 258 g/mol. The Bertz CT molecular complexity index is 196. The molecule has 1 heterocycles. The molecule has 1 fully saturated rings. The molecule has 0 aliphatic carbocycles. The minimum Gasteiger partial charge on any atom is -0.352 e. The first-order valence-electron chi connectivity index (χ1n) is 7.49. The van der Waals surface area contributed by atoms with Crippen LogP contribution >= 0.6 is 0 Å². The summed E-state index contributed by atoms with van der Waals surface area (Å²) >= 11 is 0. The van der Waals surface area contributed by atoms with Crippen LogP contribution in [0, 0.1) is 0 Å². The van der Waals surface area contributed by atoms with Crippen molar-refractivity contribution in [3.63, 3.8) is 0 Å². The fourth-order valence-electron chi connectivity index (χ4n) is 2.48. The third kappa shape index (κ3) is 6.14. The van der Waals surface area contributed by atoms with Crippen LogP contribution in [0.25, 0.3) is 0 Å². The van der Waals surface area contributed by atoms with E-state index in [0.717, 1.165) is 6.54 Å². The van der Waals surface area contributed by atoms with Crippen molar-refractivity contribution in [3.8, 4) is 0 Å². The lowest BCUT2D eigenvalue weighted by molar-refractivity contribution is -0.133. The van der Waals surface area contributed by atoms with E-state index in [-0.39, 0.29) is 6.29 Å². The van der Waals surface area contributed by atoms with Gasteiger partial charge in [0.25, 0.3) is 0 Å². The molecule has 4 heteroatoms. The molecule has 1 atom stereocenters. The highest BCUT2D eigenvalue weighted by molar-refractivity contribution is 4.74. The Morgan fingerprint density at radius 3 is 2.44 bits per heavy atom. The van der Waals surface area contributed by atoms with Crippen LogP contribution in [0.1, 0.15) is 40.0 Å². The molecule has 0 amide bonds. The van der Waals surface area contributed by atoms with Gasteiger partial charge in [0.15, 0.2) is 6.29 Å². The Labute approximate surface area is 112 Å². The van der Waals surface area contributed by atoms with Gasteiger partial charge in [-0.1, -0.05) is 6.92 Å². The lowest BCUT2D eigenvalue weighted by Gasteiger charge is -2.22. The van der Waals surface area contributed by atoms with Crippen LogP contribution < -0.4 is 5.32 Å². The second-order valence-corrected chi connectivity index (χ2v) is 4.81. The predicted molar refractivity (Wildman–Crippen MR) is 74.8 cm³/mol. The maximum Gasteiger partial charge on any atom is 0.169 e. The number of rotatable bonds is 8. The van der Waals surface area contributed by atoms with Gasteiger partial charge in [-0.2, -0.15) is 0 Å². The van der Waals surface area contributed by atoms with Crippen LogP contribution in [-0.2, 0) is 9.47 Å². The van der Waals surface area contributed by atoms with E-state index in [9.17, 15) is 0 Å². The van der Waals surface area contributed by atoms with Gasteiger partial charge in [0, 0.05) is 25.8 Å². The van der Waals surface area contributed by atoms with E-state index < -0.39 is 0 Å². The smallest absolute Gasteiger partial charge is 0.169 e. The van der Waals surface area contributed by atoms with Gasteiger partial charge >= 0.3 is 0 Å². The molecule has 1 N–H and O–H groups in total. The van der Waals surface area contributed by atoms with Crippen molar-refractivity contribution in [1.82, 2.24) is 10.2 Å². The zero-order chi connectivity index (χ0) is 13.2. The van der Waals surface area contributed by atoms with Gasteiger partial charge in [-0.25, -0.2) is 0 Å². The largest absolute Gasteiger partial charge is 0.352 e. The van der Waals surface area contributed by atoms with Crippen molar-refractivity contribution in [2.75, 3.05) is 39.4 Å². The Kier molecular flexibility index (Phi) is 8.59. The van der Waals surface area contributed by atoms with E-state index in [1.54, 1.807) is 0 Å². The summed E-state index contributed by atoms with van der Waals surface area (Å²) in [6, 6.07) is 0.616. The molecule has 0 aromatic carbocycles. The summed E-state index contributed by atoms with van der Waals surface area (Å²) < 4.78 is 11.1. The maximum atomic E-state index is 5.55. The molecule has 4 nitrogen and oxygen atoms in total. The van der Waals surface area contributed by atoms with Gasteiger partial charge in [-0.15, -0.1) is 0 Å². The molecule has 0 spiro atoms. The molecule has 1 aliphatic heterocycles. The minimum absolute atomic E-state index is 0.0921. The van der Waals surface area contributed by atoms with Crippen molar-refractivity contribution in [2.24, 2.45) is 0 Å². The van der Waals surface area contributed by atoms with Crippen molar-refractivity contribution >= 4 is 0 Å². The van der Waals surface area contributed by atoms with Gasteiger partial charge < -0.3 is 19.7 Å². The summed E-state index contributed by atoms with van der Waals surface area (Å²) in [6.07, 6.45) is 3.70. The summed E-state index contributed by atoms with van der Waals surface area (Å²) in [5.74, 6) is 0. The summed E-state index contributed by atoms with van der Waals surface area (Å²) in [5.41, 5.74) is 0. The number of hydrogen-bond donors (Lipinski definition) is 1. The number of likely N-dealkylation sites (tertiary alicyclic amines) is 1. The van der Waals surface area contributed by atoms with E-state index >= 15 is 0 Å². The van der Waals surface area contributed by atoms with E-state index in [2.05, 4.69) is 17.1 Å². The second kappa shape index (κ2) is 9.73. The quantitative estimate of drug-likeness (QED) is 0.674. The molecule has 1 rings (SSSR count). The first kappa shape index (κ1) is 15.9. The van der Waals surface area contributed by atoms with Crippen LogP contribution in [0.2, 0.25) is 0 Å². The molecule has 0 saturated carbocycles. The van der Waals surface area contributed by atoms with Crippen LogP contribution in [0.3, 0.4) is 0 Å². The third-order valence-electron chi connectivity index (χ3n) is 3.55. The molecule has 1 saturated heterocycles. The molecular weight excluding hydrogens is 228 g/mol. The SMILES string of the molecule is CCOC(CNC1CCCN(CC)CC1)OCC. The average Bonchev–Trinajstić information content (AvgIpc) is 2.61. The Balaban J connectivity index is 2.24. The normalized spacial score (nSPS) is 22.3. The standard InChI is InChI=1S/C14H30N2O2/c1-4-16-10-7-8-13(9-11-16)15-12-14(17-5-2)18-6-3/h13-15H,4-12H2,1-3H3. The van der Waals surface area contributed by atoms with E-state index in [4.69, 9.17) is 9.47 Å². The van der Waals surface area contributed by atoms with Gasteiger partial charge in [-0.3, -0.25) is 0 Å². The van der Waals surface area contributed by atoms with Crippen molar-refractivity contribution < 1.29 is 9.47 Å². The molecule has 1 aliphatic rings. The summed E-state index contributed by atoms with van der Waals surface area (Å²) in [7, 11) is 0. The lowest BCUT2D eigenvalue weighted by Crippen LogP contribution is -2.38. The fourth-order valence-corrected chi connectivity index (χ4v) is 2.48. The number of hydrogen-bond acceptors (Lipinski definition) is 4. The van der Waals surface area contributed by atoms with Crippen LogP contribution in [0.15, 0.2) is 0 Å². The Morgan fingerprint density at radius 1 is 1.11 bits per heavy atom. The molecule has 0 radical (unpaired) electrons. The van der Waals surface area contributed by atoms with Gasteiger partial charge in [-0.05, 0) is 52.7 Å². The fraction of sp³-hybridized carbons (Fsp3) is 1.00. The maximum absolute atomic E-state index is 5.55. The highest BCUT2D eigenvalue weighted by Gasteiger charge is 2.17. The number of ether oxygens (including phenoxy) is 2. The van der Waals surface area contributed by atoms with Gasteiger partial charge in [0.1, 0.15) is 0 Å². The van der Waals surface area contributed by atoms with Crippen LogP contribution in [-0.4, -0.2) is 56.6 Å². The zero-order valence-electron chi connectivity index (χ0n) is 12.3. The Hall–Kier alpha value is -0.160. The van der Waals surface area contributed by atoms with Gasteiger partial charge in [0.2, 0.25) is 0 Å². The summed E-state index contributed by atoms with van der Waals surface area (Å²) in [5, 5.41) is 3.60. The van der Waals surface area contributed by atoms with E-state index in [1.807, 2.05) is 13.8 Å². The van der Waals surface area contributed by atoms with Crippen molar-refractivity contribution in [1.29, 1.82) is 0 Å². The highest BCUT2D eigenvalue weighted by atomic mass is 16.7. The topological polar surface area (TPSA) is 33.7 Å². The first-order valence-corrected chi connectivity index (χ1v) is 7.49. The lowest BCUT2D eigenvalue weighted by atomic mass is 10.1. The summed E-state index contributed by atoms with van der Waals surface area (Å²) in [6.45, 7) is 12.1. The molecule has 18 heavy (non-hydrogen) atoms. The van der Waals surface area contributed by atoms with Crippen molar-refractivity contribution in [3.05, 3.63) is 0 Å². The van der Waals surface area contributed by atoms with Crippen molar-refractivity contribution in [2.45, 2.75) is 52.4 Å². The molecule has 0 aromatic heterocycles. The van der Waals surface area contributed by atoms with Gasteiger partial charge in [0.05, 0.1) is 0 Å². The molecule has 0 bridgehead atoms. The number of nitrogens with zero attached hydrogens (tertiary/aromatic N) is 1. The minimum atomic E-state index is -0.0921. The van der Waals surface area contributed by atoms with E-state index in [1.165, 1.54) is 38.9 Å². The van der Waals surface area contributed by atoms with E-state index in [0.29, 0.717) is 19.3 Å². The molecular formula is C14H30N2O2. The first-order chi connectivity index (χ1) is 8.80. The predicted octanol–water partition coefficient (Wildman–Crippen LogP) is 1.85. The zero-order valence-corrected chi connectivity index (χ0v) is 12.3. The van der Waals surface area contributed by atoms with Crippen LogP contribution in [0.4, 0.5) is 0 Å². The molecule has 0 aromatic rings. The highest BCUT2D eigenvalue weighted by Crippen LogP contribution is 2.11. The summed E-state index contributed by atoms with van der Waals surface area (Å²) in [4.78, 5) is 2.53. The molecule has 1 unspecified atom stereocenters. The third-order valence-corrected chi connectivity index (χ3v) is 3.55. The van der Waals surface area contributed by atoms with Crippen LogP contribution in [0.5, 0.6) is 0 Å². The monoisotopic (exact) mass is 258 g/mol. The Morgan fingerprint density at radius 2 is 1.83 bits per heavy atom. The second-order valence-electron chi connectivity index (χ2n) is 4.81. The number of nitrogens with one attached hydrogen (secondary N) is 1.